The number of likely N-dealkylation sites (tertiary alicyclic amines) is 1. The topological polar surface area (TPSA) is 71.5 Å². The molecule has 0 spiro atoms. The van der Waals surface area contributed by atoms with Crippen LogP contribution in [0.25, 0.3) is 0 Å². The van der Waals surface area contributed by atoms with Crippen LogP contribution < -0.4 is 9.46 Å². The summed E-state index contributed by atoms with van der Waals surface area (Å²) in [5.74, 6) is 0.515. The fraction of sp³-hybridized carbons (Fsp3) is 0.353. The summed E-state index contributed by atoms with van der Waals surface area (Å²) in [6, 6.07) is 9.80. The molecule has 0 atom stereocenters. The van der Waals surface area contributed by atoms with Gasteiger partial charge in [-0.15, -0.1) is 0 Å². The number of hydrogen-bond acceptors (Lipinski definition) is 5. The summed E-state index contributed by atoms with van der Waals surface area (Å²) in [5.41, 5.74) is 0.402. The third kappa shape index (κ3) is 4.93. The number of aromatic nitrogens is 1. The van der Waals surface area contributed by atoms with E-state index in [4.69, 9.17) is 4.74 Å². The van der Waals surface area contributed by atoms with Crippen molar-refractivity contribution in [2.45, 2.75) is 23.8 Å². The van der Waals surface area contributed by atoms with Crippen LogP contribution in [0, 0.1) is 0 Å². The molecule has 1 fully saturated rings. The number of sulfonamides is 1. The molecule has 0 amide bonds. The van der Waals surface area contributed by atoms with Gasteiger partial charge in [0.15, 0.2) is 0 Å². The summed E-state index contributed by atoms with van der Waals surface area (Å²) in [5, 5.41) is 0. The first-order chi connectivity index (χ1) is 11.9. The predicted molar refractivity (Wildman–Crippen MR) is 100 cm³/mol. The van der Waals surface area contributed by atoms with Gasteiger partial charge in [-0.05, 0) is 50.2 Å². The fourth-order valence-electron chi connectivity index (χ4n) is 2.61. The third-order valence-electron chi connectivity index (χ3n) is 4.07. The highest BCUT2D eigenvalue weighted by molar-refractivity contribution is 9.10. The van der Waals surface area contributed by atoms with Gasteiger partial charge in [-0.3, -0.25) is 4.72 Å². The molecular weight excluding hydrogens is 406 g/mol. The number of piperidine rings is 1. The van der Waals surface area contributed by atoms with E-state index in [-0.39, 0.29) is 11.0 Å². The van der Waals surface area contributed by atoms with Gasteiger partial charge in [0, 0.05) is 23.6 Å². The van der Waals surface area contributed by atoms with Gasteiger partial charge >= 0.3 is 0 Å². The molecular formula is C17H20BrN3O3S. The lowest BCUT2D eigenvalue weighted by Crippen LogP contribution is -2.35. The predicted octanol–water partition coefficient (Wildman–Crippen LogP) is 3.12. The minimum absolute atomic E-state index is 0.161. The number of pyridine rings is 1. The molecule has 3 rings (SSSR count). The van der Waals surface area contributed by atoms with Crippen LogP contribution in [0.2, 0.25) is 0 Å². The average Bonchev–Trinajstić information content (AvgIpc) is 2.59. The maximum Gasteiger partial charge on any atom is 0.261 e. The SMILES string of the molecule is CN1CCC(Oc2ccc(NS(=O)(=O)c3ccc(Br)cc3)cn2)CC1. The molecule has 0 bridgehead atoms. The second-order valence-electron chi connectivity index (χ2n) is 6.07. The normalized spacial score (nSPS) is 16.6. The molecule has 1 aliphatic rings. The van der Waals surface area contributed by atoms with E-state index in [1.807, 2.05) is 0 Å². The van der Waals surface area contributed by atoms with Crippen LogP contribution in [-0.2, 0) is 10.0 Å². The summed E-state index contributed by atoms with van der Waals surface area (Å²) in [4.78, 5) is 6.68. The zero-order valence-electron chi connectivity index (χ0n) is 13.9. The zero-order valence-corrected chi connectivity index (χ0v) is 16.3. The van der Waals surface area contributed by atoms with Crippen molar-refractivity contribution in [1.29, 1.82) is 0 Å². The molecule has 8 heteroatoms. The van der Waals surface area contributed by atoms with Gasteiger partial charge in [0.25, 0.3) is 10.0 Å². The van der Waals surface area contributed by atoms with E-state index in [1.54, 1.807) is 24.3 Å². The highest BCUT2D eigenvalue weighted by Crippen LogP contribution is 2.21. The second-order valence-corrected chi connectivity index (χ2v) is 8.66. The molecule has 1 N–H and O–H groups in total. The summed E-state index contributed by atoms with van der Waals surface area (Å²) >= 11 is 3.29. The van der Waals surface area contributed by atoms with Gasteiger partial charge in [0.2, 0.25) is 5.88 Å². The lowest BCUT2D eigenvalue weighted by Gasteiger charge is -2.28. The van der Waals surface area contributed by atoms with Crippen LogP contribution in [0.5, 0.6) is 5.88 Å². The van der Waals surface area contributed by atoms with Gasteiger partial charge in [-0.25, -0.2) is 13.4 Å². The Bertz CT molecular complexity index is 802. The van der Waals surface area contributed by atoms with Crippen LogP contribution in [0.15, 0.2) is 52.0 Å². The average molecular weight is 426 g/mol. The largest absolute Gasteiger partial charge is 0.474 e. The number of benzene rings is 1. The van der Waals surface area contributed by atoms with Gasteiger partial charge in [0.05, 0.1) is 16.8 Å². The molecule has 1 saturated heterocycles. The molecule has 1 aromatic carbocycles. The van der Waals surface area contributed by atoms with Gasteiger partial charge in [-0.1, -0.05) is 15.9 Å². The van der Waals surface area contributed by atoms with E-state index in [9.17, 15) is 8.42 Å². The zero-order chi connectivity index (χ0) is 17.9. The van der Waals surface area contributed by atoms with E-state index < -0.39 is 10.0 Å². The number of nitrogens with zero attached hydrogens (tertiary/aromatic N) is 2. The number of ether oxygens (including phenoxy) is 1. The first kappa shape index (κ1) is 18.2. The van der Waals surface area contributed by atoms with E-state index >= 15 is 0 Å². The smallest absolute Gasteiger partial charge is 0.261 e. The van der Waals surface area contributed by atoms with Gasteiger partial charge in [0.1, 0.15) is 6.10 Å². The Labute approximate surface area is 156 Å². The first-order valence-electron chi connectivity index (χ1n) is 8.02. The van der Waals surface area contributed by atoms with Crippen molar-refractivity contribution in [2.75, 3.05) is 24.9 Å². The Kier molecular flexibility index (Phi) is 5.61. The number of halogens is 1. The van der Waals surface area contributed by atoms with Crippen molar-refractivity contribution >= 4 is 31.6 Å². The van der Waals surface area contributed by atoms with Crippen molar-refractivity contribution in [2.24, 2.45) is 0 Å². The maximum atomic E-state index is 12.4. The Morgan fingerprint density at radius 3 is 2.44 bits per heavy atom. The van der Waals surface area contributed by atoms with Crippen molar-refractivity contribution in [3.63, 3.8) is 0 Å². The van der Waals surface area contributed by atoms with Crippen LogP contribution in [0.1, 0.15) is 12.8 Å². The van der Waals surface area contributed by atoms with E-state index in [0.717, 1.165) is 30.4 Å². The van der Waals surface area contributed by atoms with Crippen LogP contribution in [0.3, 0.4) is 0 Å². The molecule has 0 radical (unpaired) electrons. The van der Waals surface area contributed by atoms with Crippen LogP contribution in [-0.4, -0.2) is 44.5 Å². The molecule has 2 aromatic rings. The minimum Gasteiger partial charge on any atom is -0.474 e. The Morgan fingerprint density at radius 1 is 1.16 bits per heavy atom. The molecule has 25 heavy (non-hydrogen) atoms. The van der Waals surface area contributed by atoms with Crippen LogP contribution >= 0.6 is 15.9 Å². The lowest BCUT2D eigenvalue weighted by molar-refractivity contribution is 0.110. The lowest BCUT2D eigenvalue weighted by atomic mass is 10.1. The fourth-order valence-corrected chi connectivity index (χ4v) is 3.92. The van der Waals surface area contributed by atoms with Crippen molar-refractivity contribution in [3.8, 4) is 5.88 Å². The van der Waals surface area contributed by atoms with Crippen molar-refractivity contribution in [3.05, 3.63) is 47.1 Å². The quantitative estimate of drug-likeness (QED) is 0.796. The summed E-state index contributed by atoms with van der Waals surface area (Å²) in [6.07, 6.45) is 3.57. The summed E-state index contributed by atoms with van der Waals surface area (Å²) < 4.78 is 33.9. The summed E-state index contributed by atoms with van der Waals surface area (Å²) in [6.45, 7) is 2.02. The molecule has 1 aliphatic heterocycles. The Hall–Kier alpha value is -1.64. The number of nitrogens with one attached hydrogen (secondary N) is 1. The van der Waals surface area contributed by atoms with Gasteiger partial charge < -0.3 is 9.64 Å². The van der Waals surface area contributed by atoms with Crippen LogP contribution in [0.4, 0.5) is 5.69 Å². The highest BCUT2D eigenvalue weighted by atomic mass is 79.9. The molecule has 6 nitrogen and oxygen atoms in total. The second kappa shape index (κ2) is 7.72. The number of hydrogen-bond donors (Lipinski definition) is 1. The number of anilines is 1. The monoisotopic (exact) mass is 425 g/mol. The third-order valence-corrected chi connectivity index (χ3v) is 5.99. The molecule has 2 heterocycles. The summed E-state index contributed by atoms with van der Waals surface area (Å²) in [7, 11) is -1.54. The van der Waals surface area contributed by atoms with Crippen molar-refractivity contribution < 1.29 is 13.2 Å². The molecule has 0 saturated carbocycles. The first-order valence-corrected chi connectivity index (χ1v) is 10.3. The highest BCUT2D eigenvalue weighted by Gasteiger charge is 2.19. The molecule has 0 unspecified atom stereocenters. The van der Waals surface area contributed by atoms with Crippen molar-refractivity contribution in [1.82, 2.24) is 9.88 Å². The number of rotatable bonds is 5. The molecule has 1 aromatic heterocycles. The Morgan fingerprint density at radius 2 is 1.84 bits per heavy atom. The van der Waals surface area contributed by atoms with Gasteiger partial charge in [-0.2, -0.15) is 0 Å². The molecule has 0 aliphatic carbocycles. The Balaban J connectivity index is 1.63. The maximum absolute atomic E-state index is 12.4. The standard InChI is InChI=1S/C17H20BrN3O3S/c1-21-10-8-15(9-11-21)24-17-7-4-14(12-19-17)20-25(22,23)16-5-2-13(18)3-6-16/h2-7,12,15,20H,8-11H2,1H3. The molecule has 134 valence electrons. The van der Waals surface area contributed by atoms with E-state index in [1.165, 1.54) is 18.3 Å². The van der Waals surface area contributed by atoms with E-state index in [2.05, 4.69) is 37.6 Å². The minimum atomic E-state index is -3.63. The van der Waals surface area contributed by atoms with E-state index in [0.29, 0.717) is 11.6 Å².